The zero-order valence-electron chi connectivity index (χ0n) is 15.4. The standard InChI is InChI=1S/C19H21ClN2O5S/c1-12(2)18(22-28(24,25)15-5-3-4-14(20)9-15)19(23)21-10-13-6-7-16-17(8-13)27-11-26-16/h3-9,12,18,22H,10-11H2,1-2H3,(H,21,23)/t18-/m1/s1. The Bertz CT molecular complexity index is 978. The Morgan fingerprint density at radius 1 is 1.14 bits per heavy atom. The van der Waals surface area contributed by atoms with Crippen LogP contribution in [-0.2, 0) is 21.4 Å². The summed E-state index contributed by atoms with van der Waals surface area (Å²) >= 11 is 5.88. The van der Waals surface area contributed by atoms with Gasteiger partial charge < -0.3 is 14.8 Å². The number of amides is 1. The number of fused-ring (bicyclic) bond motifs is 1. The second-order valence-corrected chi connectivity index (χ2v) is 8.86. The Hall–Kier alpha value is -2.29. The fraction of sp³-hybridized carbons (Fsp3) is 0.316. The molecular weight excluding hydrogens is 404 g/mol. The van der Waals surface area contributed by atoms with E-state index in [0.29, 0.717) is 16.5 Å². The maximum absolute atomic E-state index is 12.6. The van der Waals surface area contributed by atoms with Crippen molar-refractivity contribution in [2.75, 3.05) is 6.79 Å². The summed E-state index contributed by atoms with van der Waals surface area (Å²) in [6.07, 6.45) is 0. The van der Waals surface area contributed by atoms with Crippen LogP contribution >= 0.6 is 11.6 Å². The molecule has 0 radical (unpaired) electrons. The van der Waals surface area contributed by atoms with Crippen LogP contribution in [0.1, 0.15) is 19.4 Å². The van der Waals surface area contributed by atoms with Crippen molar-refractivity contribution in [3.05, 3.63) is 53.1 Å². The number of rotatable bonds is 7. The smallest absolute Gasteiger partial charge is 0.241 e. The van der Waals surface area contributed by atoms with Crippen molar-refractivity contribution in [3.63, 3.8) is 0 Å². The van der Waals surface area contributed by atoms with E-state index >= 15 is 0 Å². The minimum absolute atomic E-state index is 0.00854. The Labute approximate surface area is 169 Å². The van der Waals surface area contributed by atoms with Crippen molar-refractivity contribution in [3.8, 4) is 11.5 Å². The van der Waals surface area contributed by atoms with E-state index in [4.69, 9.17) is 21.1 Å². The lowest BCUT2D eigenvalue weighted by Gasteiger charge is -2.21. The SMILES string of the molecule is CC(C)[C@@H](NS(=O)(=O)c1cccc(Cl)c1)C(=O)NCc1ccc2c(c1)OCO2. The van der Waals surface area contributed by atoms with E-state index in [-0.39, 0.29) is 24.2 Å². The number of hydrogen-bond donors (Lipinski definition) is 2. The Balaban J connectivity index is 1.68. The molecule has 2 aromatic rings. The number of ether oxygens (including phenoxy) is 2. The van der Waals surface area contributed by atoms with Gasteiger partial charge in [-0.2, -0.15) is 4.72 Å². The van der Waals surface area contributed by atoms with E-state index in [1.165, 1.54) is 12.1 Å². The number of halogens is 1. The second kappa shape index (κ2) is 8.38. The molecule has 0 aliphatic carbocycles. The summed E-state index contributed by atoms with van der Waals surface area (Å²) in [6.45, 7) is 3.94. The summed E-state index contributed by atoms with van der Waals surface area (Å²) in [5, 5.41) is 3.07. The first-order valence-electron chi connectivity index (χ1n) is 8.70. The first kappa shape index (κ1) is 20.4. The fourth-order valence-corrected chi connectivity index (χ4v) is 4.36. The van der Waals surface area contributed by atoms with E-state index < -0.39 is 22.0 Å². The first-order valence-corrected chi connectivity index (χ1v) is 10.6. The lowest BCUT2D eigenvalue weighted by Crippen LogP contribution is -2.49. The van der Waals surface area contributed by atoms with E-state index in [1.807, 2.05) is 6.07 Å². The Morgan fingerprint density at radius 2 is 1.89 bits per heavy atom. The zero-order valence-corrected chi connectivity index (χ0v) is 17.0. The Morgan fingerprint density at radius 3 is 2.61 bits per heavy atom. The third-order valence-corrected chi connectivity index (χ3v) is 5.92. The first-order chi connectivity index (χ1) is 13.3. The summed E-state index contributed by atoms with van der Waals surface area (Å²) in [7, 11) is -3.89. The molecule has 150 valence electrons. The number of carbonyl (C=O) groups excluding carboxylic acids is 1. The number of nitrogens with one attached hydrogen (secondary N) is 2. The van der Waals surface area contributed by atoms with Gasteiger partial charge in [0.25, 0.3) is 0 Å². The molecular formula is C19H21ClN2O5S. The number of hydrogen-bond acceptors (Lipinski definition) is 5. The largest absolute Gasteiger partial charge is 0.454 e. The van der Waals surface area contributed by atoms with Crippen molar-refractivity contribution < 1.29 is 22.7 Å². The molecule has 9 heteroatoms. The third-order valence-electron chi connectivity index (χ3n) is 4.24. The van der Waals surface area contributed by atoms with Crippen LogP contribution in [-0.4, -0.2) is 27.2 Å². The molecule has 1 amide bonds. The highest BCUT2D eigenvalue weighted by atomic mass is 35.5. The molecule has 1 aliphatic heterocycles. The van der Waals surface area contributed by atoms with E-state index in [0.717, 1.165) is 5.56 Å². The van der Waals surface area contributed by atoms with Gasteiger partial charge in [-0.3, -0.25) is 4.79 Å². The summed E-state index contributed by atoms with van der Waals surface area (Å²) in [5.41, 5.74) is 0.817. The quantitative estimate of drug-likeness (QED) is 0.712. The summed E-state index contributed by atoms with van der Waals surface area (Å²) in [4.78, 5) is 12.7. The topological polar surface area (TPSA) is 93.7 Å². The molecule has 0 fully saturated rings. The van der Waals surface area contributed by atoms with Crippen LogP contribution in [0.25, 0.3) is 0 Å². The molecule has 0 saturated heterocycles. The van der Waals surface area contributed by atoms with Crippen LogP contribution in [0.15, 0.2) is 47.4 Å². The molecule has 1 atom stereocenters. The van der Waals surface area contributed by atoms with Gasteiger partial charge in [-0.25, -0.2) is 8.42 Å². The second-order valence-electron chi connectivity index (χ2n) is 6.71. The summed E-state index contributed by atoms with van der Waals surface area (Å²) in [5.74, 6) is 0.599. The minimum Gasteiger partial charge on any atom is -0.454 e. The highest BCUT2D eigenvalue weighted by molar-refractivity contribution is 7.89. The van der Waals surface area contributed by atoms with Crippen LogP contribution in [0.4, 0.5) is 0 Å². The molecule has 7 nitrogen and oxygen atoms in total. The third kappa shape index (κ3) is 4.76. The van der Waals surface area contributed by atoms with E-state index in [2.05, 4.69) is 10.0 Å². The van der Waals surface area contributed by atoms with Gasteiger partial charge in [-0.05, 0) is 41.8 Å². The highest BCUT2D eigenvalue weighted by Gasteiger charge is 2.28. The molecule has 3 rings (SSSR count). The lowest BCUT2D eigenvalue weighted by atomic mass is 10.0. The molecule has 0 unspecified atom stereocenters. The van der Waals surface area contributed by atoms with Crippen molar-refractivity contribution in [1.29, 1.82) is 0 Å². The number of carbonyl (C=O) groups is 1. The Kier molecular flexibility index (Phi) is 6.12. The van der Waals surface area contributed by atoms with Gasteiger partial charge >= 0.3 is 0 Å². The van der Waals surface area contributed by atoms with Crippen molar-refractivity contribution in [2.24, 2.45) is 5.92 Å². The fourth-order valence-electron chi connectivity index (χ4n) is 2.71. The van der Waals surface area contributed by atoms with Crippen LogP contribution < -0.4 is 19.5 Å². The molecule has 1 heterocycles. The van der Waals surface area contributed by atoms with Gasteiger partial charge in [0.1, 0.15) is 6.04 Å². The van der Waals surface area contributed by atoms with Gasteiger partial charge in [0.05, 0.1) is 4.90 Å². The van der Waals surface area contributed by atoms with Gasteiger partial charge in [0, 0.05) is 11.6 Å². The van der Waals surface area contributed by atoms with Crippen LogP contribution in [0.3, 0.4) is 0 Å². The van der Waals surface area contributed by atoms with Crippen LogP contribution in [0, 0.1) is 5.92 Å². The average molecular weight is 425 g/mol. The maximum atomic E-state index is 12.6. The van der Waals surface area contributed by atoms with Crippen molar-refractivity contribution >= 4 is 27.5 Å². The molecule has 28 heavy (non-hydrogen) atoms. The monoisotopic (exact) mass is 424 g/mol. The molecule has 0 bridgehead atoms. The van der Waals surface area contributed by atoms with Crippen LogP contribution in [0.5, 0.6) is 11.5 Å². The van der Waals surface area contributed by atoms with Crippen molar-refractivity contribution in [1.82, 2.24) is 10.0 Å². The molecule has 0 saturated carbocycles. The van der Waals surface area contributed by atoms with Crippen LogP contribution in [0.2, 0.25) is 5.02 Å². The normalized spacial score (nSPS) is 14.1. The number of benzene rings is 2. The molecule has 0 aromatic heterocycles. The summed E-state index contributed by atoms with van der Waals surface area (Å²) in [6, 6.07) is 10.3. The van der Waals surface area contributed by atoms with E-state index in [9.17, 15) is 13.2 Å². The number of sulfonamides is 1. The molecule has 0 spiro atoms. The molecule has 1 aliphatic rings. The predicted molar refractivity (Wildman–Crippen MR) is 105 cm³/mol. The van der Waals surface area contributed by atoms with Gasteiger partial charge in [0.2, 0.25) is 22.7 Å². The molecule has 2 N–H and O–H groups in total. The highest BCUT2D eigenvalue weighted by Crippen LogP contribution is 2.32. The van der Waals surface area contributed by atoms with Gasteiger partial charge in [-0.15, -0.1) is 0 Å². The molecule has 2 aromatic carbocycles. The lowest BCUT2D eigenvalue weighted by molar-refractivity contribution is -0.123. The maximum Gasteiger partial charge on any atom is 0.241 e. The minimum atomic E-state index is -3.89. The predicted octanol–water partition coefficient (Wildman–Crippen LogP) is 2.69. The van der Waals surface area contributed by atoms with Gasteiger partial charge in [-0.1, -0.05) is 37.6 Å². The van der Waals surface area contributed by atoms with E-state index in [1.54, 1.807) is 38.1 Å². The van der Waals surface area contributed by atoms with Gasteiger partial charge in [0.15, 0.2) is 11.5 Å². The van der Waals surface area contributed by atoms with Crippen molar-refractivity contribution in [2.45, 2.75) is 31.3 Å². The average Bonchev–Trinajstić information content (AvgIpc) is 3.12. The zero-order chi connectivity index (χ0) is 20.3. The summed E-state index contributed by atoms with van der Waals surface area (Å²) < 4.78 is 38.3.